The summed E-state index contributed by atoms with van der Waals surface area (Å²) in [7, 11) is 2.53. The zero-order chi connectivity index (χ0) is 22.5. The first-order valence-electron chi connectivity index (χ1n) is 8.11. The molecule has 0 aliphatic rings. The Hall–Kier alpha value is -4.22. The van der Waals surface area contributed by atoms with Gasteiger partial charge < -0.3 is 14.2 Å². The molecule has 2 rings (SSSR count). The molecule has 0 aliphatic carbocycles. The van der Waals surface area contributed by atoms with Crippen LogP contribution >= 0.6 is 0 Å². The molecular weight excluding hydrogens is 404 g/mol. The van der Waals surface area contributed by atoms with E-state index >= 15 is 0 Å². The monoisotopic (exact) mass is 418 g/mol. The summed E-state index contributed by atoms with van der Waals surface area (Å²) in [4.78, 5) is 43.9. The number of hydrogen-bond donors (Lipinski definition) is 0. The van der Waals surface area contributed by atoms with Crippen molar-refractivity contribution >= 4 is 23.8 Å². The maximum Gasteiger partial charge on any atom is 0.419 e. The van der Waals surface area contributed by atoms with Crippen LogP contribution in [0.1, 0.15) is 11.1 Å². The van der Waals surface area contributed by atoms with E-state index in [-0.39, 0.29) is 28.3 Å². The van der Waals surface area contributed by atoms with Gasteiger partial charge >= 0.3 is 12.4 Å². The lowest BCUT2D eigenvalue weighted by Gasteiger charge is -2.26. The third-order valence-electron chi connectivity index (χ3n) is 4.31. The number of nitrogens with zero attached hydrogens (tertiary/aromatic N) is 2. The third kappa shape index (κ3) is 4.11. The Morgan fingerprint density at radius 1 is 1.03 bits per heavy atom. The van der Waals surface area contributed by atoms with Gasteiger partial charge in [0.05, 0.1) is 30.1 Å². The molecule has 0 aromatic heterocycles. The van der Waals surface area contributed by atoms with Crippen LogP contribution in [0, 0.1) is 20.2 Å². The van der Waals surface area contributed by atoms with E-state index in [4.69, 9.17) is 14.2 Å². The predicted molar refractivity (Wildman–Crippen MR) is 97.2 cm³/mol. The molecular formula is C18H14N2O10. The second-order valence-electron chi connectivity index (χ2n) is 5.87. The van der Waals surface area contributed by atoms with Crippen molar-refractivity contribution in [2.24, 2.45) is 0 Å². The maximum absolute atomic E-state index is 12.0. The van der Waals surface area contributed by atoms with E-state index in [1.807, 2.05) is 0 Å². The van der Waals surface area contributed by atoms with Crippen molar-refractivity contribution in [2.45, 2.75) is 12.0 Å². The van der Waals surface area contributed by atoms with E-state index in [0.29, 0.717) is 0 Å². The second kappa shape index (κ2) is 8.86. The summed E-state index contributed by atoms with van der Waals surface area (Å²) in [6, 6.07) is 6.24. The lowest BCUT2D eigenvalue weighted by molar-refractivity contribution is -0.385. The number of carbonyl (C=O) groups is 1. The van der Waals surface area contributed by atoms with Crippen molar-refractivity contribution < 1.29 is 38.8 Å². The largest absolute Gasteiger partial charge is 0.493 e. The maximum atomic E-state index is 12.0. The highest BCUT2D eigenvalue weighted by Gasteiger charge is 2.47. The average molecular weight is 418 g/mol. The number of non-ortho nitro benzene ring substituents is 1. The van der Waals surface area contributed by atoms with E-state index in [9.17, 15) is 34.9 Å². The summed E-state index contributed by atoms with van der Waals surface area (Å²) in [5.74, 6) is -1.84. The van der Waals surface area contributed by atoms with Crippen LogP contribution in [0.15, 0.2) is 36.4 Å². The van der Waals surface area contributed by atoms with Crippen LogP contribution in [0.25, 0.3) is 0 Å². The summed E-state index contributed by atoms with van der Waals surface area (Å²) in [6.07, 6.45) is -0.751. The van der Waals surface area contributed by atoms with Gasteiger partial charge in [0.2, 0.25) is 5.60 Å². The second-order valence-corrected chi connectivity index (χ2v) is 5.87. The molecule has 156 valence electrons. The Labute approximate surface area is 168 Å². The molecule has 0 heterocycles. The Kier molecular flexibility index (Phi) is 6.52. The molecule has 2 radical (unpaired) electrons. The SMILES string of the molecule is COc1cc(CC(O[C]=O)(C([O])=O)c2ccc([N+](=O)[O-])cc2)c([N+](=O)[O-])cc1OC. The predicted octanol–water partition coefficient (Wildman–Crippen LogP) is 2.00. The van der Waals surface area contributed by atoms with Crippen molar-refractivity contribution in [1.82, 2.24) is 0 Å². The fourth-order valence-corrected chi connectivity index (χ4v) is 2.84. The molecule has 0 saturated carbocycles. The highest BCUT2D eigenvalue weighted by atomic mass is 16.6. The molecule has 0 N–H and O–H groups in total. The van der Waals surface area contributed by atoms with Gasteiger partial charge in [-0.05, 0) is 18.2 Å². The topological polar surface area (TPSA) is 168 Å². The number of methoxy groups -OCH3 is 2. The van der Waals surface area contributed by atoms with Gasteiger partial charge in [-0.1, -0.05) is 0 Å². The first-order valence-corrected chi connectivity index (χ1v) is 8.11. The van der Waals surface area contributed by atoms with E-state index in [2.05, 4.69) is 0 Å². The first-order chi connectivity index (χ1) is 14.2. The molecule has 12 heteroatoms. The van der Waals surface area contributed by atoms with Crippen molar-refractivity contribution in [2.75, 3.05) is 14.2 Å². The number of nitro groups is 2. The highest BCUT2D eigenvalue weighted by Crippen LogP contribution is 2.39. The first kappa shape index (κ1) is 22.1. The fourth-order valence-electron chi connectivity index (χ4n) is 2.84. The molecule has 12 nitrogen and oxygen atoms in total. The number of nitro benzene ring substituents is 2. The van der Waals surface area contributed by atoms with Crippen molar-refractivity contribution in [1.29, 1.82) is 0 Å². The van der Waals surface area contributed by atoms with Crippen LogP contribution in [0.2, 0.25) is 0 Å². The highest BCUT2D eigenvalue weighted by molar-refractivity contribution is 5.81. The number of carbonyl (C=O) groups excluding carboxylic acids is 2. The molecule has 0 bridgehead atoms. The van der Waals surface area contributed by atoms with Gasteiger partial charge in [-0.25, -0.2) is 14.7 Å². The minimum absolute atomic E-state index is 0.0187. The molecule has 0 amide bonds. The average Bonchev–Trinajstić information content (AvgIpc) is 2.72. The molecule has 0 fully saturated rings. The standard InChI is InChI=1S/C18H14N2O10/c1-28-15-7-11(14(20(26)27)8-16(15)29-2)9-18(17(22)23,30-10-21)12-3-5-13(6-4-12)19(24)25/h3-8H,9H2,1-2H3. The van der Waals surface area contributed by atoms with Crippen LogP contribution in [0.4, 0.5) is 11.4 Å². The lowest BCUT2D eigenvalue weighted by Crippen LogP contribution is -2.40. The molecule has 2 aromatic carbocycles. The molecule has 1 unspecified atom stereocenters. The summed E-state index contributed by atoms with van der Waals surface area (Å²) in [5, 5.41) is 34.4. The van der Waals surface area contributed by atoms with Gasteiger partial charge in [0, 0.05) is 29.7 Å². The van der Waals surface area contributed by atoms with Gasteiger partial charge in [-0.15, -0.1) is 0 Å². The van der Waals surface area contributed by atoms with Gasteiger partial charge in [-0.2, -0.15) is 0 Å². The molecule has 0 aliphatic heterocycles. The number of hydrogen-bond acceptors (Lipinski definition) is 9. The van der Waals surface area contributed by atoms with Crippen molar-refractivity contribution in [3.05, 3.63) is 67.8 Å². The van der Waals surface area contributed by atoms with E-state index in [0.717, 1.165) is 42.9 Å². The van der Waals surface area contributed by atoms with Gasteiger partial charge in [0.25, 0.3) is 11.4 Å². The zero-order valence-corrected chi connectivity index (χ0v) is 15.6. The Bertz CT molecular complexity index is 989. The minimum Gasteiger partial charge on any atom is -0.493 e. The van der Waals surface area contributed by atoms with Gasteiger partial charge in [0.1, 0.15) is 0 Å². The Morgan fingerprint density at radius 3 is 2.03 bits per heavy atom. The Morgan fingerprint density at radius 2 is 1.60 bits per heavy atom. The van der Waals surface area contributed by atoms with Crippen LogP contribution in [0.5, 0.6) is 11.5 Å². The molecule has 0 spiro atoms. The van der Waals surface area contributed by atoms with Crippen LogP contribution in [-0.4, -0.2) is 36.5 Å². The normalized spacial score (nSPS) is 12.3. The van der Waals surface area contributed by atoms with Crippen molar-refractivity contribution in [3.63, 3.8) is 0 Å². The smallest absolute Gasteiger partial charge is 0.419 e. The molecule has 30 heavy (non-hydrogen) atoms. The molecule has 0 saturated heterocycles. The van der Waals surface area contributed by atoms with E-state index in [1.54, 1.807) is 0 Å². The van der Waals surface area contributed by atoms with E-state index in [1.165, 1.54) is 14.2 Å². The fraction of sp³-hybridized carbons (Fsp3) is 0.222. The zero-order valence-electron chi connectivity index (χ0n) is 15.6. The number of benzene rings is 2. The number of ether oxygens (including phenoxy) is 3. The quantitative estimate of drug-likeness (QED) is 0.414. The molecule has 1 atom stereocenters. The van der Waals surface area contributed by atoms with E-state index < -0.39 is 33.5 Å². The summed E-state index contributed by atoms with van der Waals surface area (Å²) in [6.45, 7) is 1.02. The minimum atomic E-state index is -2.55. The van der Waals surface area contributed by atoms with Crippen molar-refractivity contribution in [3.8, 4) is 11.5 Å². The van der Waals surface area contributed by atoms with Gasteiger partial charge in [-0.3, -0.25) is 20.2 Å². The lowest BCUT2D eigenvalue weighted by atomic mass is 9.86. The summed E-state index contributed by atoms with van der Waals surface area (Å²) in [5.41, 5.74) is -3.84. The van der Waals surface area contributed by atoms with Crippen LogP contribution in [-0.2, 0) is 31.5 Å². The van der Waals surface area contributed by atoms with Crippen LogP contribution in [0.3, 0.4) is 0 Å². The molecule has 2 aromatic rings. The number of rotatable bonds is 10. The van der Waals surface area contributed by atoms with Crippen LogP contribution < -0.4 is 9.47 Å². The Balaban J connectivity index is 2.70. The van der Waals surface area contributed by atoms with Gasteiger partial charge in [0.15, 0.2) is 11.5 Å². The third-order valence-corrected chi connectivity index (χ3v) is 4.31. The summed E-state index contributed by atoms with van der Waals surface area (Å²) >= 11 is 0. The summed E-state index contributed by atoms with van der Waals surface area (Å²) < 4.78 is 14.8.